The van der Waals surface area contributed by atoms with E-state index in [1.165, 1.54) is 0 Å². The summed E-state index contributed by atoms with van der Waals surface area (Å²) in [5, 5.41) is 6.25. The van der Waals surface area contributed by atoms with Crippen LogP contribution >= 0.6 is 24.0 Å². The van der Waals surface area contributed by atoms with E-state index in [4.69, 9.17) is 11.8 Å². The molecule has 0 amide bonds. The first kappa shape index (κ1) is 16.9. The molecule has 0 bridgehead atoms. The summed E-state index contributed by atoms with van der Waals surface area (Å²) < 4.78 is 0. The zero-order chi connectivity index (χ0) is 2.00. The Morgan fingerprint density at radius 3 is 1.25 bits per heavy atom. The molecule has 0 atom stereocenters. The van der Waals surface area contributed by atoms with Crippen molar-refractivity contribution in [3.8, 4) is 0 Å². The number of halogens is 1. The second kappa shape index (κ2) is 21.0. The summed E-state index contributed by atoms with van der Waals surface area (Å²) >= 11 is 0. The third-order valence-corrected chi connectivity index (χ3v) is 0. The first-order valence-corrected chi connectivity index (χ1v) is 0.224. The van der Waals surface area contributed by atoms with Gasteiger partial charge in [0.2, 0.25) is 0 Å². The molecule has 3 heteroatoms. The van der Waals surface area contributed by atoms with Crippen LogP contribution in [0.5, 0.6) is 0 Å². The van der Waals surface area contributed by atoms with Gasteiger partial charge in [0.15, 0.2) is 0 Å². The van der Waals surface area contributed by atoms with Crippen molar-refractivity contribution in [3.63, 3.8) is 0 Å². The monoisotopic (exact) mass is 193 g/mol. The van der Waals surface area contributed by atoms with E-state index in [-0.39, 0.29) is 75.4 Å². The summed E-state index contributed by atoms with van der Waals surface area (Å²) in [6.07, 6.45) is 0. The van der Waals surface area contributed by atoms with Gasteiger partial charge in [0.05, 0.1) is 0 Å². The van der Waals surface area contributed by atoms with Crippen molar-refractivity contribution in [2.45, 2.75) is 0 Å². The number of hydrogen-bond donors (Lipinski definition) is 0. The molecule has 0 heterocycles. The molecule has 0 aromatic rings. The van der Waals surface area contributed by atoms with Crippen LogP contribution in [0.2, 0.25) is 0 Å². The average molecular weight is 193 g/mol. The Kier molecular flexibility index (Phi) is 88.7. The fourth-order valence-electron chi connectivity index (χ4n) is 0. The van der Waals surface area contributed by atoms with E-state index in [0.29, 0.717) is 0 Å². The molecule has 0 radical (unpaired) electrons. The largest absolute Gasteiger partial charge is 1.00 e. The third-order valence-electron chi connectivity index (χ3n) is 0. The van der Waals surface area contributed by atoms with Crippen molar-refractivity contribution in [1.82, 2.24) is 0 Å². The second-order valence-electron chi connectivity index (χ2n) is 0. The fourth-order valence-corrected chi connectivity index (χ4v) is 0. The number of nitrogens with zero attached hydrogens (tertiary/aromatic N) is 1. The van der Waals surface area contributed by atoms with Gasteiger partial charge in [-0.05, 0) is 0 Å². The van der Waals surface area contributed by atoms with Gasteiger partial charge in [0.25, 0.3) is 0 Å². The van der Waals surface area contributed by atoms with Crippen molar-refractivity contribution in [2.24, 2.45) is 0 Å². The molecule has 18 valence electrons. The first-order valence-electron chi connectivity index (χ1n) is 0.224. The number of rotatable bonds is 0. The molecule has 0 aromatic carbocycles. The van der Waals surface area contributed by atoms with Crippen molar-refractivity contribution >= 4 is 24.0 Å². The third kappa shape index (κ3) is 9.13. The molecule has 0 aliphatic rings. The van der Waals surface area contributed by atoms with E-state index in [1.807, 2.05) is 0 Å². The Morgan fingerprint density at radius 1 is 1.25 bits per heavy atom. The van der Waals surface area contributed by atoms with Crippen LogP contribution in [-0.4, -0.2) is 0 Å². The normalized spacial score (nSPS) is 0.500. The predicted octanol–water partition coefficient (Wildman–Crippen LogP) is -2.28. The van der Waals surface area contributed by atoms with E-state index >= 15 is 0 Å². The maximum absolute atomic E-state index is 6.25. The average Bonchev–Trinajstić information content (AvgIpc) is 1.00. The second-order valence-corrected chi connectivity index (χ2v) is 0. The molecular weight excluding hydrogens is 192 g/mol. The molecule has 0 aliphatic carbocycles. The summed E-state index contributed by atoms with van der Waals surface area (Å²) in [6, 6.07) is 0. The molecular formula is CHIKN. The van der Waals surface area contributed by atoms with Crippen LogP contribution < -0.4 is 51.4 Å². The maximum atomic E-state index is 6.25. The van der Waals surface area contributed by atoms with Crippen LogP contribution in [-0.2, 0) is 0 Å². The molecule has 0 fully saturated rings. The maximum Gasteiger partial charge on any atom is 1.00 e. The van der Waals surface area contributed by atoms with Crippen LogP contribution in [0.3, 0.4) is 0 Å². The smallest absolute Gasteiger partial charge is 0.512 e. The van der Waals surface area contributed by atoms with E-state index < -0.39 is 0 Å². The quantitative estimate of drug-likeness (QED) is 0.241. The van der Waals surface area contributed by atoms with Crippen molar-refractivity contribution in [2.75, 3.05) is 0 Å². The molecule has 0 N–H and O–H groups in total. The van der Waals surface area contributed by atoms with Gasteiger partial charge in [-0.3, -0.25) is 0 Å². The van der Waals surface area contributed by atoms with Gasteiger partial charge in [-0.1, -0.05) is 0 Å². The van der Waals surface area contributed by atoms with E-state index in [2.05, 4.69) is 0 Å². The molecule has 0 aliphatic heterocycles. The molecule has 0 spiro atoms. The van der Waals surface area contributed by atoms with Crippen LogP contribution in [0.25, 0.3) is 0 Å². The van der Waals surface area contributed by atoms with Gasteiger partial charge >= 0.3 is 51.4 Å². The predicted molar refractivity (Wildman–Crippen MR) is 20.4 cm³/mol. The van der Waals surface area contributed by atoms with Crippen LogP contribution in [0.1, 0.15) is 0 Å². The van der Waals surface area contributed by atoms with E-state index in [1.54, 1.807) is 0 Å². The van der Waals surface area contributed by atoms with Gasteiger partial charge in [-0.15, -0.1) is 24.0 Å². The SMILES string of the molecule is I.[C-]#N.[K+]. The van der Waals surface area contributed by atoms with Crippen molar-refractivity contribution < 1.29 is 51.4 Å². The molecule has 4 heavy (non-hydrogen) atoms. The van der Waals surface area contributed by atoms with E-state index in [9.17, 15) is 0 Å². The van der Waals surface area contributed by atoms with Gasteiger partial charge in [0, 0.05) is 0 Å². The van der Waals surface area contributed by atoms with Crippen LogP contribution in [0.4, 0.5) is 0 Å². The molecule has 1 nitrogen and oxygen atoms in total. The zero-order valence-corrected chi connectivity index (χ0v) is 7.81. The van der Waals surface area contributed by atoms with Gasteiger partial charge in [-0.2, -0.15) is 0 Å². The molecule has 0 unspecified atom stereocenters. The standard InChI is InChI=1S/CN.HI.K/c1-2;;/h;1H;/q-1;;+1. The minimum Gasteiger partial charge on any atom is -0.512 e. The summed E-state index contributed by atoms with van der Waals surface area (Å²) in [7, 11) is 0. The fraction of sp³-hybridized carbons (Fsp3) is 0. The van der Waals surface area contributed by atoms with Crippen molar-refractivity contribution in [3.05, 3.63) is 6.57 Å². The summed E-state index contributed by atoms with van der Waals surface area (Å²) in [5.41, 5.74) is 0. The first-order chi connectivity index (χ1) is 1.00. The molecule has 0 rings (SSSR count). The Labute approximate surface area is 85.2 Å². The summed E-state index contributed by atoms with van der Waals surface area (Å²) in [6.45, 7) is 4.75. The minimum atomic E-state index is 0. The van der Waals surface area contributed by atoms with Gasteiger partial charge < -0.3 is 11.8 Å². The van der Waals surface area contributed by atoms with E-state index in [0.717, 1.165) is 0 Å². The van der Waals surface area contributed by atoms with Crippen LogP contribution in [0.15, 0.2) is 0 Å². The Bertz CT molecular complexity index is 12.8. The Morgan fingerprint density at radius 2 is 1.25 bits per heavy atom. The minimum absolute atomic E-state index is 0. The zero-order valence-electron chi connectivity index (χ0n) is 2.36. The summed E-state index contributed by atoms with van der Waals surface area (Å²) in [5.74, 6) is 0. The summed E-state index contributed by atoms with van der Waals surface area (Å²) in [4.78, 5) is 0. The van der Waals surface area contributed by atoms with Crippen molar-refractivity contribution in [1.29, 1.82) is 5.26 Å². The number of hydrogen-bond acceptors (Lipinski definition) is 1. The van der Waals surface area contributed by atoms with Crippen LogP contribution in [0, 0.1) is 11.8 Å². The molecule has 0 saturated heterocycles. The Balaban J connectivity index is -0.00000000500. The molecule has 0 aromatic heterocycles. The Hall–Kier alpha value is 1.86. The van der Waals surface area contributed by atoms with Gasteiger partial charge in [0.1, 0.15) is 0 Å². The van der Waals surface area contributed by atoms with Gasteiger partial charge in [-0.25, -0.2) is 0 Å². The topological polar surface area (TPSA) is 23.8 Å². The molecule has 0 saturated carbocycles.